The number of aryl methyl sites for hydroxylation is 1. The van der Waals surface area contributed by atoms with Gasteiger partial charge in [0.15, 0.2) is 0 Å². The molecule has 0 radical (unpaired) electrons. The lowest BCUT2D eigenvalue weighted by Crippen LogP contribution is -2.30. The molecule has 90 valence electrons. The highest BCUT2D eigenvalue weighted by Crippen LogP contribution is 2.21. The minimum Gasteiger partial charge on any atom is -0.348 e. The van der Waals surface area contributed by atoms with Gasteiger partial charge in [0.2, 0.25) is 5.91 Å². The molecule has 0 unspecified atom stereocenters. The minimum atomic E-state index is -0.112. The van der Waals surface area contributed by atoms with E-state index in [2.05, 4.69) is 16.4 Å². The Labute approximate surface area is 102 Å². The van der Waals surface area contributed by atoms with Crippen molar-refractivity contribution in [1.82, 2.24) is 10.3 Å². The number of nitriles is 1. The third kappa shape index (κ3) is 3.28. The van der Waals surface area contributed by atoms with Crippen LogP contribution in [0.4, 0.5) is 0 Å². The van der Waals surface area contributed by atoms with Gasteiger partial charge in [-0.3, -0.25) is 9.78 Å². The smallest absolute Gasteiger partial charge is 0.217 e. The summed E-state index contributed by atoms with van der Waals surface area (Å²) < 4.78 is 0. The molecule has 4 nitrogen and oxygen atoms in total. The predicted octanol–water partition coefficient (Wildman–Crippen LogP) is 2.09. The van der Waals surface area contributed by atoms with Crippen molar-refractivity contribution in [1.29, 1.82) is 5.26 Å². The zero-order chi connectivity index (χ0) is 13.0. The average molecular weight is 231 g/mol. The number of nitrogens with zero attached hydrogens (tertiary/aromatic N) is 2. The molecule has 1 aromatic heterocycles. The van der Waals surface area contributed by atoms with E-state index in [0.29, 0.717) is 11.3 Å². The molecule has 1 rings (SSSR count). The molecule has 0 spiro atoms. The van der Waals surface area contributed by atoms with Crippen LogP contribution in [0, 0.1) is 24.2 Å². The fraction of sp³-hybridized carbons (Fsp3) is 0.462. The van der Waals surface area contributed by atoms with E-state index in [1.165, 1.54) is 6.92 Å². The lowest BCUT2D eigenvalue weighted by molar-refractivity contribution is -0.120. The fourth-order valence-electron chi connectivity index (χ4n) is 1.67. The molecule has 0 saturated heterocycles. The Morgan fingerprint density at radius 1 is 1.47 bits per heavy atom. The maximum Gasteiger partial charge on any atom is 0.217 e. The second-order valence-corrected chi connectivity index (χ2v) is 4.40. The van der Waals surface area contributed by atoms with Gasteiger partial charge in [0.05, 0.1) is 23.0 Å². The summed E-state index contributed by atoms with van der Waals surface area (Å²) in [6, 6.07) is 5.51. The molecule has 0 aromatic carbocycles. The Morgan fingerprint density at radius 2 is 2.12 bits per heavy atom. The molecule has 0 aliphatic carbocycles. The van der Waals surface area contributed by atoms with Crippen molar-refractivity contribution in [3.8, 4) is 6.07 Å². The Kier molecular flexibility index (Phi) is 4.22. The zero-order valence-corrected chi connectivity index (χ0v) is 10.6. The summed E-state index contributed by atoms with van der Waals surface area (Å²) in [6.07, 6.45) is 0. The number of carbonyl (C=O) groups excluding carboxylic acids is 1. The lowest BCUT2D eigenvalue weighted by Gasteiger charge is -2.21. The van der Waals surface area contributed by atoms with Gasteiger partial charge in [-0.25, -0.2) is 0 Å². The molecule has 0 aliphatic rings. The number of rotatable bonds is 3. The number of nitrogens with one attached hydrogen (secondary N) is 1. The van der Waals surface area contributed by atoms with Gasteiger partial charge in [-0.15, -0.1) is 0 Å². The van der Waals surface area contributed by atoms with Gasteiger partial charge in [0.25, 0.3) is 0 Å². The first kappa shape index (κ1) is 13.2. The van der Waals surface area contributed by atoms with Crippen LogP contribution in [0.5, 0.6) is 0 Å². The van der Waals surface area contributed by atoms with Crippen LogP contribution in [-0.4, -0.2) is 10.9 Å². The Morgan fingerprint density at radius 3 is 2.53 bits per heavy atom. The van der Waals surface area contributed by atoms with Crippen LogP contribution in [0.1, 0.15) is 43.8 Å². The van der Waals surface area contributed by atoms with E-state index in [9.17, 15) is 4.79 Å². The van der Waals surface area contributed by atoms with Gasteiger partial charge < -0.3 is 5.32 Å². The summed E-state index contributed by atoms with van der Waals surface area (Å²) in [4.78, 5) is 15.5. The third-order valence-electron chi connectivity index (χ3n) is 2.57. The Bertz CT molecular complexity index is 460. The number of amides is 1. The summed E-state index contributed by atoms with van der Waals surface area (Å²) in [7, 11) is 0. The number of aromatic nitrogens is 1. The van der Waals surface area contributed by atoms with E-state index in [0.717, 1.165) is 5.69 Å². The van der Waals surface area contributed by atoms with E-state index < -0.39 is 0 Å². The molecule has 1 atom stereocenters. The van der Waals surface area contributed by atoms with Crippen LogP contribution < -0.4 is 5.32 Å². The monoisotopic (exact) mass is 231 g/mol. The Balaban J connectivity index is 3.07. The molecule has 0 saturated carbocycles. The van der Waals surface area contributed by atoms with Gasteiger partial charge in [-0.2, -0.15) is 5.26 Å². The molecule has 0 bridgehead atoms. The molecule has 4 heteroatoms. The fourth-order valence-corrected chi connectivity index (χ4v) is 1.67. The molecule has 0 fully saturated rings. The summed E-state index contributed by atoms with van der Waals surface area (Å²) in [5.41, 5.74) is 2.06. The SMILES string of the molecule is CC(=O)N[C@H](c1ccc(C#N)c(C)n1)C(C)C. The third-order valence-corrected chi connectivity index (χ3v) is 2.57. The topological polar surface area (TPSA) is 65.8 Å². The lowest BCUT2D eigenvalue weighted by atomic mass is 9.99. The van der Waals surface area contributed by atoms with Crippen molar-refractivity contribution in [3.05, 3.63) is 29.1 Å². The van der Waals surface area contributed by atoms with Crippen LogP contribution >= 0.6 is 0 Å². The van der Waals surface area contributed by atoms with E-state index in [-0.39, 0.29) is 17.9 Å². The largest absolute Gasteiger partial charge is 0.348 e. The molecular formula is C13H17N3O. The van der Waals surface area contributed by atoms with Crippen molar-refractivity contribution in [2.24, 2.45) is 5.92 Å². The molecule has 1 aromatic rings. The quantitative estimate of drug-likeness (QED) is 0.866. The van der Waals surface area contributed by atoms with Crippen molar-refractivity contribution in [2.75, 3.05) is 0 Å². The first-order valence-corrected chi connectivity index (χ1v) is 5.60. The summed E-state index contributed by atoms with van der Waals surface area (Å²) in [5.74, 6) is 0.172. The van der Waals surface area contributed by atoms with E-state index in [1.54, 1.807) is 19.1 Å². The number of hydrogen-bond acceptors (Lipinski definition) is 3. The molecule has 0 aliphatic heterocycles. The van der Waals surface area contributed by atoms with Crippen LogP contribution in [0.15, 0.2) is 12.1 Å². The van der Waals surface area contributed by atoms with Crippen molar-refractivity contribution >= 4 is 5.91 Å². The highest BCUT2D eigenvalue weighted by atomic mass is 16.1. The minimum absolute atomic E-state index is 0.0764. The molecule has 1 heterocycles. The van der Waals surface area contributed by atoms with Gasteiger partial charge in [0, 0.05) is 6.92 Å². The molecule has 1 amide bonds. The van der Waals surface area contributed by atoms with E-state index >= 15 is 0 Å². The number of hydrogen-bond donors (Lipinski definition) is 1. The highest BCUT2D eigenvalue weighted by molar-refractivity contribution is 5.73. The predicted molar refractivity (Wildman–Crippen MR) is 65.1 cm³/mol. The van der Waals surface area contributed by atoms with Gasteiger partial charge in [-0.05, 0) is 25.0 Å². The zero-order valence-electron chi connectivity index (χ0n) is 10.6. The second-order valence-electron chi connectivity index (χ2n) is 4.40. The van der Waals surface area contributed by atoms with Gasteiger partial charge in [-0.1, -0.05) is 13.8 Å². The maximum atomic E-state index is 11.1. The highest BCUT2D eigenvalue weighted by Gasteiger charge is 2.18. The maximum absolute atomic E-state index is 11.1. The van der Waals surface area contributed by atoms with Crippen LogP contribution in [0.2, 0.25) is 0 Å². The van der Waals surface area contributed by atoms with Crippen LogP contribution in [-0.2, 0) is 4.79 Å². The van der Waals surface area contributed by atoms with Crippen molar-refractivity contribution in [2.45, 2.75) is 33.7 Å². The summed E-state index contributed by atoms with van der Waals surface area (Å²) >= 11 is 0. The average Bonchev–Trinajstić information content (AvgIpc) is 2.25. The summed E-state index contributed by atoms with van der Waals surface area (Å²) in [5, 5.41) is 11.7. The standard InChI is InChI=1S/C13H17N3O/c1-8(2)13(16-10(4)17)12-6-5-11(7-14)9(3)15-12/h5-6,8,13H,1-4H3,(H,16,17)/t13-/m0/s1. The van der Waals surface area contributed by atoms with Crippen molar-refractivity contribution < 1.29 is 4.79 Å². The van der Waals surface area contributed by atoms with Gasteiger partial charge in [0.1, 0.15) is 6.07 Å². The number of pyridine rings is 1. The Hall–Kier alpha value is -1.89. The van der Waals surface area contributed by atoms with E-state index in [1.807, 2.05) is 13.8 Å². The van der Waals surface area contributed by atoms with Crippen LogP contribution in [0.3, 0.4) is 0 Å². The summed E-state index contributed by atoms with van der Waals surface area (Å²) in [6.45, 7) is 7.34. The molecule has 17 heavy (non-hydrogen) atoms. The van der Waals surface area contributed by atoms with Gasteiger partial charge >= 0.3 is 0 Å². The van der Waals surface area contributed by atoms with E-state index in [4.69, 9.17) is 5.26 Å². The first-order valence-electron chi connectivity index (χ1n) is 5.60. The molecule has 1 N–H and O–H groups in total. The second kappa shape index (κ2) is 5.44. The number of carbonyl (C=O) groups is 1. The first-order chi connectivity index (χ1) is 7.95. The van der Waals surface area contributed by atoms with Crippen molar-refractivity contribution in [3.63, 3.8) is 0 Å². The molecular weight excluding hydrogens is 214 g/mol. The normalized spacial score (nSPS) is 12.0. The van der Waals surface area contributed by atoms with Crippen LogP contribution in [0.25, 0.3) is 0 Å².